The van der Waals surface area contributed by atoms with Crippen molar-refractivity contribution < 1.29 is 5.11 Å². The second-order valence-corrected chi connectivity index (χ2v) is 4.80. The van der Waals surface area contributed by atoms with Gasteiger partial charge in [0, 0.05) is 5.69 Å². The van der Waals surface area contributed by atoms with Crippen LogP contribution in [0.15, 0.2) is 54.6 Å². The van der Waals surface area contributed by atoms with Gasteiger partial charge in [-0.25, -0.2) is 0 Å². The molecule has 0 radical (unpaired) electrons. The van der Waals surface area contributed by atoms with Crippen LogP contribution in [0.25, 0.3) is 0 Å². The number of hydrogen-bond donors (Lipinski definition) is 2. The first kappa shape index (κ1) is 13.5. The van der Waals surface area contributed by atoms with Crippen LogP contribution in [0.1, 0.15) is 37.8 Å². The van der Waals surface area contributed by atoms with E-state index in [2.05, 4.69) is 36.5 Å². The molecule has 1 unspecified atom stereocenters. The minimum absolute atomic E-state index is 0.301. The summed E-state index contributed by atoms with van der Waals surface area (Å²) in [4.78, 5) is 0. The molecule has 2 nitrogen and oxygen atoms in total. The van der Waals surface area contributed by atoms with Crippen molar-refractivity contribution in [2.24, 2.45) is 0 Å². The zero-order valence-corrected chi connectivity index (χ0v) is 11.3. The van der Waals surface area contributed by atoms with Crippen molar-refractivity contribution in [1.29, 1.82) is 0 Å². The molecule has 2 aromatic carbocycles. The predicted octanol–water partition coefficient (Wildman–Crippen LogP) is 4.74. The molecule has 1 atom stereocenters. The summed E-state index contributed by atoms with van der Waals surface area (Å²) in [7, 11) is 0. The zero-order valence-electron chi connectivity index (χ0n) is 11.3. The molecule has 0 aliphatic rings. The maximum Gasteiger partial charge on any atom is 0.115 e. The lowest BCUT2D eigenvalue weighted by Crippen LogP contribution is -2.10. The first-order chi connectivity index (χ1) is 9.29. The topological polar surface area (TPSA) is 32.3 Å². The molecule has 2 rings (SSSR count). The van der Waals surface area contributed by atoms with Crippen LogP contribution in [-0.4, -0.2) is 5.11 Å². The van der Waals surface area contributed by atoms with Gasteiger partial charge in [0.05, 0.1) is 6.04 Å². The lowest BCUT2D eigenvalue weighted by atomic mass is 10.0. The van der Waals surface area contributed by atoms with Crippen molar-refractivity contribution in [3.63, 3.8) is 0 Å². The second kappa shape index (κ2) is 6.83. The van der Waals surface area contributed by atoms with Gasteiger partial charge < -0.3 is 10.4 Å². The first-order valence-electron chi connectivity index (χ1n) is 6.90. The quantitative estimate of drug-likeness (QED) is 0.731. The fraction of sp³-hybridized carbons (Fsp3) is 0.294. The maximum absolute atomic E-state index is 9.32. The Bertz CT molecular complexity index is 478. The number of rotatable bonds is 6. The van der Waals surface area contributed by atoms with Crippen molar-refractivity contribution in [3.05, 3.63) is 60.2 Å². The highest BCUT2D eigenvalue weighted by Gasteiger charge is 2.10. The van der Waals surface area contributed by atoms with Gasteiger partial charge in [0.2, 0.25) is 0 Å². The summed E-state index contributed by atoms with van der Waals surface area (Å²) < 4.78 is 0. The summed E-state index contributed by atoms with van der Waals surface area (Å²) in [5.41, 5.74) is 2.35. The van der Waals surface area contributed by atoms with Crippen LogP contribution in [0, 0.1) is 0 Å². The largest absolute Gasteiger partial charge is 0.508 e. The van der Waals surface area contributed by atoms with E-state index in [4.69, 9.17) is 0 Å². The molecule has 0 saturated heterocycles. The van der Waals surface area contributed by atoms with Crippen molar-refractivity contribution in [2.75, 3.05) is 5.32 Å². The lowest BCUT2D eigenvalue weighted by molar-refractivity contribution is 0.475. The van der Waals surface area contributed by atoms with Crippen molar-refractivity contribution >= 4 is 5.69 Å². The van der Waals surface area contributed by atoms with Crippen LogP contribution in [0.5, 0.6) is 5.75 Å². The van der Waals surface area contributed by atoms with Gasteiger partial charge in [-0.2, -0.15) is 0 Å². The van der Waals surface area contributed by atoms with E-state index in [0.717, 1.165) is 12.1 Å². The Morgan fingerprint density at radius 1 is 1.00 bits per heavy atom. The Balaban J connectivity index is 2.11. The Morgan fingerprint density at radius 3 is 2.32 bits per heavy atom. The number of hydrogen-bond acceptors (Lipinski definition) is 2. The number of phenolic OH excluding ortho intramolecular Hbond substituents is 1. The molecule has 19 heavy (non-hydrogen) atoms. The molecule has 0 heterocycles. The third-order valence-corrected chi connectivity index (χ3v) is 3.26. The van der Waals surface area contributed by atoms with Crippen LogP contribution in [0.3, 0.4) is 0 Å². The third kappa shape index (κ3) is 4.02. The highest BCUT2D eigenvalue weighted by atomic mass is 16.3. The SMILES string of the molecule is CCCCC(Nc1ccc(O)cc1)c1ccccc1. The van der Waals surface area contributed by atoms with E-state index >= 15 is 0 Å². The van der Waals surface area contributed by atoms with E-state index < -0.39 is 0 Å². The number of aromatic hydroxyl groups is 1. The van der Waals surface area contributed by atoms with E-state index in [1.165, 1.54) is 18.4 Å². The van der Waals surface area contributed by atoms with Gasteiger partial charge in [-0.05, 0) is 36.2 Å². The van der Waals surface area contributed by atoms with E-state index in [0.29, 0.717) is 11.8 Å². The molecule has 0 fully saturated rings. The minimum Gasteiger partial charge on any atom is -0.508 e. The average molecular weight is 255 g/mol. The van der Waals surface area contributed by atoms with Crippen LogP contribution in [-0.2, 0) is 0 Å². The van der Waals surface area contributed by atoms with Crippen molar-refractivity contribution in [2.45, 2.75) is 32.2 Å². The van der Waals surface area contributed by atoms with Crippen molar-refractivity contribution in [3.8, 4) is 5.75 Å². The molecular formula is C17H21NO. The van der Waals surface area contributed by atoms with Crippen LogP contribution in [0.2, 0.25) is 0 Å². The number of benzene rings is 2. The molecular weight excluding hydrogens is 234 g/mol. The highest BCUT2D eigenvalue weighted by molar-refractivity contribution is 5.48. The summed E-state index contributed by atoms with van der Waals surface area (Å²) in [6.45, 7) is 2.21. The number of nitrogens with one attached hydrogen (secondary N) is 1. The molecule has 2 N–H and O–H groups in total. The molecule has 0 bridgehead atoms. The summed E-state index contributed by atoms with van der Waals surface area (Å²) in [6.07, 6.45) is 3.51. The average Bonchev–Trinajstić information content (AvgIpc) is 2.46. The first-order valence-corrected chi connectivity index (χ1v) is 6.90. The van der Waals surface area contributed by atoms with E-state index in [1.807, 2.05) is 18.2 Å². The Hall–Kier alpha value is -1.96. The molecule has 0 amide bonds. The Labute approximate surface area is 115 Å². The molecule has 0 aliphatic carbocycles. The normalized spacial score (nSPS) is 12.1. The summed E-state index contributed by atoms with van der Waals surface area (Å²) in [6, 6.07) is 18.1. The third-order valence-electron chi connectivity index (χ3n) is 3.26. The summed E-state index contributed by atoms with van der Waals surface area (Å²) >= 11 is 0. The summed E-state index contributed by atoms with van der Waals surface area (Å²) in [5.74, 6) is 0.301. The summed E-state index contributed by atoms with van der Waals surface area (Å²) in [5, 5.41) is 12.9. The highest BCUT2D eigenvalue weighted by Crippen LogP contribution is 2.25. The van der Waals surface area contributed by atoms with E-state index in [1.54, 1.807) is 12.1 Å². The van der Waals surface area contributed by atoms with Gasteiger partial charge in [0.15, 0.2) is 0 Å². The van der Waals surface area contributed by atoms with Crippen molar-refractivity contribution in [1.82, 2.24) is 0 Å². The number of phenols is 1. The smallest absolute Gasteiger partial charge is 0.115 e. The van der Waals surface area contributed by atoms with Gasteiger partial charge in [0.1, 0.15) is 5.75 Å². The van der Waals surface area contributed by atoms with Gasteiger partial charge >= 0.3 is 0 Å². The van der Waals surface area contributed by atoms with Gasteiger partial charge in [-0.3, -0.25) is 0 Å². The van der Waals surface area contributed by atoms with E-state index in [-0.39, 0.29) is 0 Å². The fourth-order valence-electron chi connectivity index (χ4n) is 2.17. The monoisotopic (exact) mass is 255 g/mol. The lowest BCUT2D eigenvalue weighted by Gasteiger charge is -2.20. The maximum atomic E-state index is 9.32. The minimum atomic E-state index is 0.301. The van der Waals surface area contributed by atoms with Crippen LogP contribution in [0.4, 0.5) is 5.69 Å². The number of anilines is 1. The fourth-order valence-corrected chi connectivity index (χ4v) is 2.17. The Morgan fingerprint density at radius 2 is 1.68 bits per heavy atom. The predicted molar refractivity (Wildman–Crippen MR) is 80.4 cm³/mol. The molecule has 100 valence electrons. The molecule has 0 aliphatic heterocycles. The second-order valence-electron chi connectivity index (χ2n) is 4.80. The molecule has 2 heteroatoms. The molecule has 0 spiro atoms. The van der Waals surface area contributed by atoms with E-state index in [9.17, 15) is 5.11 Å². The molecule has 2 aromatic rings. The molecule has 0 saturated carbocycles. The zero-order chi connectivity index (χ0) is 13.5. The van der Waals surface area contributed by atoms with Crippen LogP contribution >= 0.6 is 0 Å². The Kier molecular flexibility index (Phi) is 4.85. The van der Waals surface area contributed by atoms with Gasteiger partial charge in [-0.1, -0.05) is 50.1 Å². The number of unbranched alkanes of at least 4 members (excludes halogenated alkanes) is 1. The standard InChI is InChI=1S/C17H21NO/c1-2-3-9-17(14-7-5-4-6-8-14)18-15-10-12-16(19)13-11-15/h4-8,10-13,17-19H,2-3,9H2,1H3. The van der Waals surface area contributed by atoms with Crippen LogP contribution < -0.4 is 5.32 Å². The molecule has 0 aromatic heterocycles. The van der Waals surface area contributed by atoms with Gasteiger partial charge in [0.25, 0.3) is 0 Å². The van der Waals surface area contributed by atoms with Gasteiger partial charge in [-0.15, -0.1) is 0 Å².